The highest BCUT2D eigenvalue weighted by Gasteiger charge is 2.32. The van der Waals surface area contributed by atoms with E-state index in [1.165, 1.54) is 0 Å². The number of nitrogens with zero attached hydrogens (tertiary/aromatic N) is 1. The van der Waals surface area contributed by atoms with Crippen molar-refractivity contribution in [1.82, 2.24) is 20.9 Å². The number of hydrogen-bond donors (Lipinski definition) is 3. The minimum absolute atomic E-state index is 0.345. The van der Waals surface area contributed by atoms with Crippen molar-refractivity contribution in [2.75, 3.05) is 14.1 Å². The van der Waals surface area contributed by atoms with E-state index in [4.69, 9.17) is 4.98 Å². The van der Waals surface area contributed by atoms with Crippen molar-refractivity contribution >= 4 is 28.4 Å². The van der Waals surface area contributed by atoms with E-state index in [1.54, 1.807) is 11.8 Å². The molecule has 19 heavy (non-hydrogen) atoms. The van der Waals surface area contributed by atoms with Gasteiger partial charge < -0.3 is 5.32 Å². The van der Waals surface area contributed by atoms with E-state index in [2.05, 4.69) is 33.5 Å². The van der Waals surface area contributed by atoms with Crippen LogP contribution in [0.2, 0.25) is 0 Å². The van der Waals surface area contributed by atoms with Gasteiger partial charge in [-0.25, -0.2) is 4.98 Å². The van der Waals surface area contributed by atoms with Gasteiger partial charge in [0.05, 0.1) is 16.9 Å². The first-order valence-corrected chi connectivity index (χ1v) is 7.04. The second-order valence-corrected chi connectivity index (χ2v) is 5.43. The number of rotatable bonds is 3. The van der Waals surface area contributed by atoms with Crippen LogP contribution in [0.1, 0.15) is 5.69 Å². The van der Waals surface area contributed by atoms with Crippen LogP contribution in [0, 0.1) is 0 Å². The van der Waals surface area contributed by atoms with Crippen molar-refractivity contribution in [2.45, 2.75) is 5.12 Å². The molecule has 2 heterocycles. The molecule has 0 unspecified atom stereocenters. The molecule has 0 bridgehead atoms. The highest BCUT2D eigenvalue weighted by atomic mass is 32.2. The molecule has 0 radical (unpaired) electrons. The summed E-state index contributed by atoms with van der Waals surface area (Å²) in [5.74, 6) is 0. The van der Waals surface area contributed by atoms with E-state index >= 15 is 0 Å². The molecule has 1 aromatic heterocycles. The molecule has 3 rings (SSSR count). The summed E-state index contributed by atoms with van der Waals surface area (Å²) < 4.78 is 0. The zero-order chi connectivity index (χ0) is 13.3. The van der Waals surface area contributed by atoms with Gasteiger partial charge in [-0.3, -0.25) is 10.6 Å². The lowest BCUT2D eigenvalue weighted by atomic mass is 10.2. The SMILES string of the molecule is CNC1(NC)NC(c2ccc3ccccc3n2)=CS1. The third-order valence-corrected chi connectivity index (χ3v) is 4.46. The van der Waals surface area contributed by atoms with Crippen LogP contribution in [0.5, 0.6) is 0 Å². The molecule has 5 heteroatoms. The Bertz CT molecular complexity index is 634. The Morgan fingerprint density at radius 3 is 2.63 bits per heavy atom. The van der Waals surface area contributed by atoms with Crippen molar-refractivity contribution in [3.63, 3.8) is 0 Å². The summed E-state index contributed by atoms with van der Waals surface area (Å²) in [5, 5.41) is 12.8. The smallest absolute Gasteiger partial charge is 0.197 e. The third-order valence-electron chi connectivity index (χ3n) is 3.24. The summed E-state index contributed by atoms with van der Waals surface area (Å²) in [6, 6.07) is 12.3. The molecule has 0 saturated carbocycles. The van der Waals surface area contributed by atoms with Gasteiger partial charge in [0.1, 0.15) is 0 Å². The predicted molar refractivity (Wildman–Crippen MR) is 81.3 cm³/mol. The number of fused-ring (bicyclic) bond motifs is 1. The van der Waals surface area contributed by atoms with Crippen LogP contribution in [-0.4, -0.2) is 24.2 Å². The van der Waals surface area contributed by atoms with Crippen LogP contribution in [0.15, 0.2) is 41.8 Å². The lowest BCUT2D eigenvalue weighted by Crippen LogP contribution is -2.58. The molecule has 0 amide bonds. The zero-order valence-corrected chi connectivity index (χ0v) is 11.7. The summed E-state index contributed by atoms with van der Waals surface area (Å²) in [5.41, 5.74) is 3.00. The lowest BCUT2D eigenvalue weighted by molar-refractivity contribution is 0.414. The van der Waals surface area contributed by atoms with Crippen LogP contribution >= 0.6 is 11.8 Å². The van der Waals surface area contributed by atoms with Gasteiger partial charge in [-0.2, -0.15) is 0 Å². The fraction of sp³-hybridized carbons (Fsp3) is 0.214. The molecule has 0 fully saturated rings. The van der Waals surface area contributed by atoms with Gasteiger partial charge in [0.15, 0.2) is 5.12 Å². The fourth-order valence-electron chi connectivity index (χ4n) is 2.10. The third kappa shape index (κ3) is 2.20. The molecule has 0 spiro atoms. The molecule has 1 aromatic carbocycles. The monoisotopic (exact) mass is 272 g/mol. The average Bonchev–Trinajstić information content (AvgIpc) is 2.92. The number of para-hydroxylation sites is 1. The van der Waals surface area contributed by atoms with Gasteiger partial charge in [0.25, 0.3) is 0 Å². The second-order valence-electron chi connectivity index (χ2n) is 4.34. The molecule has 0 saturated heterocycles. The number of thioether (sulfide) groups is 1. The van der Waals surface area contributed by atoms with Crippen molar-refractivity contribution < 1.29 is 0 Å². The van der Waals surface area contributed by atoms with Crippen molar-refractivity contribution in [1.29, 1.82) is 0 Å². The van der Waals surface area contributed by atoms with Crippen LogP contribution in [0.25, 0.3) is 16.6 Å². The summed E-state index contributed by atoms with van der Waals surface area (Å²) >= 11 is 1.66. The Hall–Kier alpha value is -1.56. The van der Waals surface area contributed by atoms with E-state index < -0.39 is 0 Å². The largest absolute Gasteiger partial charge is 0.344 e. The van der Waals surface area contributed by atoms with Crippen molar-refractivity contribution in [3.05, 3.63) is 47.5 Å². The number of aromatic nitrogens is 1. The molecule has 2 aromatic rings. The number of nitrogens with one attached hydrogen (secondary N) is 3. The van der Waals surface area contributed by atoms with E-state index in [0.717, 1.165) is 22.3 Å². The first kappa shape index (κ1) is 12.5. The van der Waals surface area contributed by atoms with Gasteiger partial charge in [-0.1, -0.05) is 36.0 Å². The number of hydrogen-bond acceptors (Lipinski definition) is 5. The number of pyridine rings is 1. The van der Waals surface area contributed by atoms with Gasteiger partial charge in [-0.05, 0) is 26.2 Å². The van der Waals surface area contributed by atoms with Crippen LogP contribution in [-0.2, 0) is 0 Å². The maximum absolute atomic E-state index is 4.69. The van der Waals surface area contributed by atoms with Gasteiger partial charge in [0, 0.05) is 10.8 Å². The van der Waals surface area contributed by atoms with E-state index in [9.17, 15) is 0 Å². The van der Waals surface area contributed by atoms with Gasteiger partial charge >= 0.3 is 0 Å². The lowest BCUT2D eigenvalue weighted by Gasteiger charge is -2.28. The second kappa shape index (κ2) is 4.85. The molecule has 1 aliphatic rings. The molecule has 1 aliphatic heterocycles. The first-order valence-electron chi connectivity index (χ1n) is 6.16. The Morgan fingerprint density at radius 1 is 1.11 bits per heavy atom. The first-order chi connectivity index (χ1) is 9.26. The maximum atomic E-state index is 4.69. The molecule has 3 N–H and O–H groups in total. The normalized spacial score (nSPS) is 17.3. The van der Waals surface area contributed by atoms with Crippen molar-refractivity contribution in [3.8, 4) is 0 Å². The summed E-state index contributed by atoms with van der Waals surface area (Å²) in [6.45, 7) is 0. The van der Waals surface area contributed by atoms with Gasteiger partial charge in [-0.15, -0.1) is 0 Å². The molecular formula is C14H16N4S. The van der Waals surface area contributed by atoms with E-state index in [-0.39, 0.29) is 5.12 Å². The van der Waals surface area contributed by atoms with Gasteiger partial charge in [0.2, 0.25) is 0 Å². The molecule has 4 nitrogen and oxygen atoms in total. The summed E-state index contributed by atoms with van der Waals surface area (Å²) in [4.78, 5) is 4.69. The zero-order valence-electron chi connectivity index (χ0n) is 10.9. The summed E-state index contributed by atoms with van der Waals surface area (Å²) in [7, 11) is 3.84. The molecule has 0 aliphatic carbocycles. The molecular weight excluding hydrogens is 256 g/mol. The Balaban J connectivity index is 1.94. The van der Waals surface area contributed by atoms with E-state index in [0.29, 0.717) is 0 Å². The van der Waals surface area contributed by atoms with Crippen LogP contribution < -0.4 is 16.0 Å². The van der Waals surface area contributed by atoms with Crippen LogP contribution in [0.4, 0.5) is 0 Å². The molecule has 98 valence electrons. The number of benzene rings is 1. The standard InChI is InChI=1S/C14H16N4S/c1-15-14(16-2)18-13(9-19-14)12-8-7-10-5-3-4-6-11(10)17-12/h3-9,15-16,18H,1-2H3. The van der Waals surface area contributed by atoms with Crippen LogP contribution in [0.3, 0.4) is 0 Å². The summed E-state index contributed by atoms with van der Waals surface area (Å²) in [6.07, 6.45) is 0. The Kier molecular flexibility index (Phi) is 3.18. The fourth-order valence-corrected chi connectivity index (χ4v) is 2.98. The quantitative estimate of drug-likeness (QED) is 0.745. The average molecular weight is 272 g/mol. The molecule has 0 atom stereocenters. The Labute approximate surface area is 116 Å². The van der Waals surface area contributed by atoms with Crippen molar-refractivity contribution in [2.24, 2.45) is 0 Å². The Morgan fingerprint density at radius 2 is 1.89 bits per heavy atom. The predicted octanol–water partition coefficient (Wildman–Crippen LogP) is 1.92. The minimum atomic E-state index is -0.345. The maximum Gasteiger partial charge on any atom is 0.197 e. The van der Waals surface area contributed by atoms with E-state index in [1.807, 2.05) is 38.4 Å². The topological polar surface area (TPSA) is 49.0 Å². The highest BCUT2D eigenvalue weighted by molar-refractivity contribution is 8.03. The minimum Gasteiger partial charge on any atom is -0.344 e. The highest BCUT2D eigenvalue weighted by Crippen LogP contribution is 2.31.